The molecule has 1 aromatic heterocycles. The van der Waals surface area contributed by atoms with Crippen molar-refractivity contribution in [1.29, 1.82) is 0 Å². The Balaban J connectivity index is 3.06. The molecule has 0 radical (unpaired) electrons. The number of benzene rings is 1. The van der Waals surface area contributed by atoms with Crippen LogP contribution in [0.5, 0.6) is 0 Å². The van der Waals surface area contributed by atoms with Crippen molar-refractivity contribution in [2.45, 2.75) is 6.92 Å². The SMILES string of the molecule is Cc1nc2c(F)cccc2c(=O)n1F. The lowest BCUT2D eigenvalue weighted by atomic mass is 10.2. The van der Waals surface area contributed by atoms with Gasteiger partial charge in [-0.3, -0.25) is 4.79 Å². The van der Waals surface area contributed by atoms with E-state index in [0.29, 0.717) is 0 Å². The first kappa shape index (κ1) is 8.80. The number of fused-ring (bicyclic) bond motifs is 1. The van der Waals surface area contributed by atoms with E-state index in [1.165, 1.54) is 25.1 Å². The fourth-order valence-corrected chi connectivity index (χ4v) is 1.26. The van der Waals surface area contributed by atoms with Gasteiger partial charge in [0.25, 0.3) is 5.56 Å². The molecule has 0 N–H and O–H groups in total. The molecule has 0 aliphatic carbocycles. The van der Waals surface area contributed by atoms with Crippen LogP contribution in [0.25, 0.3) is 10.9 Å². The van der Waals surface area contributed by atoms with Crippen LogP contribution in [0.2, 0.25) is 0 Å². The normalized spacial score (nSPS) is 10.8. The van der Waals surface area contributed by atoms with Gasteiger partial charge in [0, 0.05) is 0 Å². The molecule has 0 atom stereocenters. The summed E-state index contributed by atoms with van der Waals surface area (Å²) >= 11 is 0. The molecule has 0 bridgehead atoms. The first-order valence-corrected chi connectivity index (χ1v) is 3.95. The molecule has 14 heavy (non-hydrogen) atoms. The number of aromatic nitrogens is 2. The van der Waals surface area contributed by atoms with Gasteiger partial charge < -0.3 is 0 Å². The zero-order chi connectivity index (χ0) is 10.3. The van der Waals surface area contributed by atoms with Crippen molar-refractivity contribution in [3.05, 3.63) is 40.2 Å². The first-order chi connectivity index (χ1) is 6.61. The van der Waals surface area contributed by atoms with Gasteiger partial charge in [0.15, 0.2) is 0 Å². The molecule has 3 nitrogen and oxygen atoms in total. The number of hydrogen-bond acceptors (Lipinski definition) is 2. The first-order valence-electron chi connectivity index (χ1n) is 3.95. The molecule has 2 aromatic rings. The van der Waals surface area contributed by atoms with Gasteiger partial charge in [-0.2, -0.15) is 0 Å². The van der Waals surface area contributed by atoms with Gasteiger partial charge in [-0.15, -0.1) is 4.79 Å². The smallest absolute Gasteiger partial charge is 0.266 e. The predicted molar refractivity (Wildman–Crippen MR) is 47.2 cm³/mol. The summed E-state index contributed by atoms with van der Waals surface area (Å²) < 4.78 is 26.2. The molecule has 5 heteroatoms. The molecule has 0 saturated heterocycles. The number of halogens is 2. The Kier molecular flexibility index (Phi) is 1.80. The Morgan fingerprint density at radius 2 is 2.14 bits per heavy atom. The number of nitrogens with zero attached hydrogens (tertiary/aromatic N) is 2. The van der Waals surface area contributed by atoms with Crippen molar-refractivity contribution < 1.29 is 8.87 Å². The number of rotatable bonds is 0. The topological polar surface area (TPSA) is 34.9 Å². The number of hydrogen-bond donors (Lipinski definition) is 0. The molecule has 2 rings (SSSR count). The van der Waals surface area contributed by atoms with E-state index < -0.39 is 11.4 Å². The Hall–Kier alpha value is -1.78. The Morgan fingerprint density at radius 1 is 1.43 bits per heavy atom. The summed E-state index contributed by atoms with van der Waals surface area (Å²) in [5.41, 5.74) is -0.976. The lowest BCUT2D eigenvalue weighted by Crippen LogP contribution is -2.18. The maximum Gasteiger partial charge on any atom is 0.289 e. The standard InChI is InChI=1S/C9H6F2N2O/c1-5-12-8-6(9(14)13(5)11)3-2-4-7(8)10/h2-4H,1H3. The highest BCUT2D eigenvalue weighted by atomic mass is 19.2. The van der Waals surface area contributed by atoms with Crippen molar-refractivity contribution >= 4 is 10.9 Å². The maximum absolute atomic E-state index is 13.1. The molecule has 0 saturated carbocycles. The van der Waals surface area contributed by atoms with Gasteiger partial charge in [-0.05, 0) is 19.1 Å². The van der Waals surface area contributed by atoms with Gasteiger partial charge in [0.05, 0.1) is 5.39 Å². The highest BCUT2D eigenvalue weighted by Gasteiger charge is 2.09. The van der Waals surface area contributed by atoms with Gasteiger partial charge in [-0.1, -0.05) is 10.5 Å². The van der Waals surface area contributed by atoms with Crippen LogP contribution in [0.3, 0.4) is 0 Å². The van der Waals surface area contributed by atoms with E-state index in [1.54, 1.807) is 0 Å². The Labute approximate surface area is 77.6 Å². The minimum atomic E-state index is -0.882. The Morgan fingerprint density at radius 3 is 2.86 bits per heavy atom. The largest absolute Gasteiger partial charge is 0.289 e. The summed E-state index contributed by atoms with van der Waals surface area (Å²) in [4.78, 5) is 14.8. The molecule has 0 fully saturated rings. The van der Waals surface area contributed by atoms with E-state index >= 15 is 0 Å². The molecule has 1 aromatic carbocycles. The highest BCUT2D eigenvalue weighted by Crippen LogP contribution is 2.11. The molecular weight excluding hydrogens is 190 g/mol. The quantitative estimate of drug-likeness (QED) is 0.641. The fraction of sp³-hybridized carbons (Fsp3) is 0.111. The van der Waals surface area contributed by atoms with Crippen molar-refractivity contribution in [3.8, 4) is 0 Å². The van der Waals surface area contributed by atoms with Crippen LogP contribution in [-0.2, 0) is 0 Å². The van der Waals surface area contributed by atoms with E-state index in [4.69, 9.17) is 0 Å². The number of para-hydroxylation sites is 1. The average molecular weight is 196 g/mol. The molecule has 0 unspecified atom stereocenters. The van der Waals surface area contributed by atoms with E-state index in [1.807, 2.05) is 0 Å². The van der Waals surface area contributed by atoms with Crippen LogP contribution in [0.15, 0.2) is 23.0 Å². The van der Waals surface area contributed by atoms with Crippen molar-refractivity contribution in [3.63, 3.8) is 0 Å². The zero-order valence-corrected chi connectivity index (χ0v) is 7.29. The van der Waals surface area contributed by atoms with Gasteiger partial charge in [-0.25, -0.2) is 9.37 Å². The van der Waals surface area contributed by atoms with E-state index in [2.05, 4.69) is 4.98 Å². The summed E-state index contributed by atoms with van der Waals surface area (Å²) in [6.07, 6.45) is 0. The second-order valence-electron chi connectivity index (χ2n) is 2.88. The number of aryl methyl sites for hydroxylation is 1. The van der Waals surface area contributed by atoms with E-state index in [-0.39, 0.29) is 21.5 Å². The Bertz CT molecular complexity index is 562. The van der Waals surface area contributed by atoms with Gasteiger partial charge in [0.1, 0.15) is 17.2 Å². The van der Waals surface area contributed by atoms with E-state index in [9.17, 15) is 13.7 Å². The third kappa shape index (κ3) is 1.09. The second-order valence-corrected chi connectivity index (χ2v) is 2.88. The summed E-state index contributed by atoms with van der Waals surface area (Å²) in [5.74, 6) is -0.782. The molecule has 0 amide bonds. The van der Waals surface area contributed by atoms with Crippen LogP contribution < -0.4 is 5.56 Å². The van der Waals surface area contributed by atoms with Crippen LogP contribution in [0, 0.1) is 12.7 Å². The second kappa shape index (κ2) is 2.87. The lowest BCUT2D eigenvalue weighted by molar-refractivity contribution is 0.337. The van der Waals surface area contributed by atoms with Gasteiger partial charge >= 0.3 is 0 Å². The minimum absolute atomic E-state index is 0.0573. The molecule has 0 spiro atoms. The van der Waals surface area contributed by atoms with Crippen LogP contribution in [-0.4, -0.2) is 9.77 Å². The summed E-state index contributed by atoms with van der Waals surface area (Å²) in [7, 11) is 0. The maximum atomic E-state index is 13.1. The van der Waals surface area contributed by atoms with Crippen molar-refractivity contribution in [2.75, 3.05) is 0 Å². The minimum Gasteiger partial charge on any atom is -0.266 e. The molecule has 0 aliphatic rings. The predicted octanol–water partition coefficient (Wildman–Crippen LogP) is 1.58. The molecular formula is C9H6F2N2O. The summed E-state index contributed by atoms with van der Waals surface area (Å²) in [6.45, 7) is 1.30. The monoisotopic (exact) mass is 196 g/mol. The summed E-state index contributed by atoms with van der Waals surface area (Å²) in [5, 5.41) is -0.0573. The third-order valence-corrected chi connectivity index (χ3v) is 1.95. The summed E-state index contributed by atoms with van der Waals surface area (Å²) in [6, 6.07) is 3.86. The third-order valence-electron chi connectivity index (χ3n) is 1.95. The fourth-order valence-electron chi connectivity index (χ4n) is 1.26. The van der Waals surface area contributed by atoms with Crippen LogP contribution in [0.4, 0.5) is 8.87 Å². The van der Waals surface area contributed by atoms with E-state index in [0.717, 1.165) is 0 Å². The molecule has 1 heterocycles. The van der Waals surface area contributed by atoms with Crippen LogP contribution in [0.1, 0.15) is 5.82 Å². The van der Waals surface area contributed by atoms with Gasteiger partial charge in [0.2, 0.25) is 0 Å². The zero-order valence-electron chi connectivity index (χ0n) is 7.29. The lowest BCUT2D eigenvalue weighted by Gasteiger charge is -2.01. The van der Waals surface area contributed by atoms with Crippen molar-refractivity contribution in [2.24, 2.45) is 0 Å². The molecule has 72 valence electrons. The van der Waals surface area contributed by atoms with Crippen LogP contribution >= 0.6 is 0 Å². The highest BCUT2D eigenvalue weighted by molar-refractivity contribution is 5.77. The van der Waals surface area contributed by atoms with Crippen molar-refractivity contribution in [1.82, 2.24) is 9.77 Å². The molecule has 0 aliphatic heterocycles. The average Bonchev–Trinajstić information content (AvgIpc) is 2.17.